The second kappa shape index (κ2) is 5.04. The van der Waals surface area contributed by atoms with E-state index in [9.17, 15) is 4.57 Å². The number of hydrogen-bond donors (Lipinski definition) is 2. The van der Waals surface area contributed by atoms with Gasteiger partial charge in [0.15, 0.2) is 0 Å². The standard InChI is InChI=1S/C7H7O3P.B/c8-7(11(9)10)6-4-2-1-3-5-6;/h1-5,7-8H;/p+1. The molecule has 0 saturated carbocycles. The first kappa shape index (κ1) is 11.3. The van der Waals surface area contributed by atoms with Gasteiger partial charge < -0.3 is 5.11 Å². The summed E-state index contributed by atoms with van der Waals surface area (Å²) < 4.78 is 10.4. The highest BCUT2D eigenvalue weighted by Gasteiger charge is 2.27. The molecular formula is C7H8BO3P+. The molecule has 5 heteroatoms. The van der Waals surface area contributed by atoms with Gasteiger partial charge >= 0.3 is 13.9 Å². The van der Waals surface area contributed by atoms with Gasteiger partial charge in [-0.25, -0.2) is 0 Å². The molecule has 12 heavy (non-hydrogen) atoms. The zero-order valence-electron chi connectivity index (χ0n) is 6.29. The van der Waals surface area contributed by atoms with Crippen LogP contribution in [0.1, 0.15) is 11.4 Å². The lowest BCUT2D eigenvalue weighted by Gasteiger charge is -1.94. The first-order valence-electron chi connectivity index (χ1n) is 3.10. The van der Waals surface area contributed by atoms with Crippen molar-refractivity contribution in [2.75, 3.05) is 0 Å². The molecule has 0 amide bonds. The Labute approximate surface area is 73.5 Å². The van der Waals surface area contributed by atoms with Gasteiger partial charge in [-0.15, -0.1) is 0 Å². The molecule has 2 unspecified atom stereocenters. The van der Waals surface area contributed by atoms with Crippen molar-refractivity contribution in [3.63, 3.8) is 0 Å². The van der Waals surface area contributed by atoms with E-state index in [0.717, 1.165) is 0 Å². The lowest BCUT2D eigenvalue weighted by molar-refractivity contribution is 0.243. The summed E-state index contributed by atoms with van der Waals surface area (Å²) >= 11 is 0. The van der Waals surface area contributed by atoms with Crippen molar-refractivity contribution in [3.8, 4) is 0 Å². The third kappa shape index (κ3) is 2.74. The number of rotatable bonds is 2. The summed E-state index contributed by atoms with van der Waals surface area (Å²) in [5.41, 5.74) is 0.469. The molecule has 1 aromatic carbocycles. The van der Waals surface area contributed by atoms with E-state index in [-0.39, 0.29) is 8.41 Å². The second-order valence-electron chi connectivity index (χ2n) is 2.09. The summed E-state index contributed by atoms with van der Waals surface area (Å²) in [6.45, 7) is 0. The van der Waals surface area contributed by atoms with Crippen molar-refractivity contribution < 1.29 is 14.6 Å². The van der Waals surface area contributed by atoms with E-state index in [1.807, 2.05) is 0 Å². The molecule has 0 aliphatic rings. The minimum atomic E-state index is -2.53. The van der Waals surface area contributed by atoms with E-state index >= 15 is 0 Å². The van der Waals surface area contributed by atoms with E-state index in [2.05, 4.69) is 0 Å². The molecule has 0 saturated heterocycles. The van der Waals surface area contributed by atoms with Gasteiger partial charge in [0, 0.05) is 14.0 Å². The molecule has 2 atom stereocenters. The van der Waals surface area contributed by atoms with Crippen LogP contribution in [0.4, 0.5) is 0 Å². The largest absolute Gasteiger partial charge is 0.542 e. The number of aliphatic hydroxyl groups excluding tert-OH is 1. The van der Waals surface area contributed by atoms with Crippen molar-refractivity contribution in [2.24, 2.45) is 0 Å². The molecule has 61 valence electrons. The van der Waals surface area contributed by atoms with Crippen LogP contribution in [0.15, 0.2) is 30.3 Å². The maximum absolute atomic E-state index is 10.4. The van der Waals surface area contributed by atoms with Gasteiger partial charge in [0.05, 0.1) is 0 Å². The highest BCUT2D eigenvalue weighted by molar-refractivity contribution is 7.38. The molecule has 0 heterocycles. The summed E-state index contributed by atoms with van der Waals surface area (Å²) in [7, 11) is -2.53. The summed E-state index contributed by atoms with van der Waals surface area (Å²) in [6, 6.07) is 8.40. The van der Waals surface area contributed by atoms with Crippen molar-refractivity contribution >= 4 is 16.4 Å². The van der Waals surface area contributed by atoms with E-state index in [1.54, 1.807) is 30.3 Å². The molecule has 1 aromatic rings. The quantitative estimate of drug-likeness (QED) is 0.530. The van der Waals surface area contributed by atoms with Crippen molar-refractivity contribution in [1.82, 2.24) is 0 Å². The van der Waals surface area contributed by atoms with Gasteiger partial charge in [0.25, 0.3) is 0 Å². The molecule has 0 fully saturated rings. The first-order chi connectivity index (χ1) is 5.22. The maximum atomic E-state index is 10.4. The third-order valence-corrected chi connectivity index (χ3v) is 2.02. The predicted molar refractivity (Wildman–Crippen MR) is 47.0 cm³/mol. The zero-order valence-corrected chi connectivity index (χ0v) is 7.19. The fourth-order valence-corrected chi connectivity index (χ4v) is 1.18. The fraction of sp³-hybridized carbons (Fsp3) is 0.143. The van der Waals surface area contributed by atoms with Crippen molar-refractivity contribution in [1.29, 1.82) is 0 Å². The van der Waals surface area contributed by atoms with E-state index < -0.39 is 13.9 Å². The second-order valence-corrected chi connectivity index (χ2v) is 3.18. The molecule has 0 aliphatic heterocycles. The van der Waals surface area contributed by atoms with Gasteiger partial charge in [-0.05, 0) is 4.57 Å². The topological polar surface area (TPSA) is 57.5 Å². The Morgan fingerprint density at radius 3 is 2.17 bits per heavy atom. The average molecular weight is 182 g/mol. The highest BCUT2D eigenvalue weighted by atomic mass is 31.1. The predicted octanol–water partition coefficient (Wildman–Crippen LogP) is 1.03. The lowest BCUT2D eigenvalue weighted by atomic mass is 10.2. The molecule has 0 bridgehead atoms. The molecule has 2 N–H and O–H groups in total. The van der Waals surface area contributed by atoms with Crippen LogP contribution in [0.2, 0.25) is 0 Å². The minimum absolute atomic E-state index is 0. The van der Waals surface area contributed by atoms with Crippen molar-refractivity contribution in [2.45, 2.75) is 5.85 Å². The first-order valence-corrected chi connectivity index (χ1v) is 4.38. The number of hydrogen-bond acceptors (Lipinski definition) is 2. The minimum Gasteiger partial charge on any atom is -0.345 e. The van der Waals surface area contributed by atoms with Gasteiger partial charge in [0.1, 0.15) is 0 Å². The Bertz CT molecular complexity index is 252. The number of aliphatic hydroxyl groups is 1. The van der Waals surface area contributed by atoms with E-state index in [0.29, 0.717) is 5.56 Å². The van der Waals surface area contributed by atoms with Gasteiger partial charge in [0.2, 0.25) is 0 Å². The summed E-state index contributed by atoms with van der Waals surface area (Å²) in [4.78, 5) is 8.53. The SMILES string of the molecule is O=[P+](O)C(O)c1ccccc1.[B]. The van der Waals surface area contributed by atoms with Crippen LogP contribution < -0.4 is 0 Å². The molecule has 0 aliphatic carbocycles. The van der Waals surface area contributed by atoms with Crippen LogP contribution >= 0.6 is 8.03 Å². The lowest BCUT2D eigenvalue weighted by Crippen LogP contribution is -1.89. The van der Waals surface area contributed by atoms with Gasteiger partial charge in [-0.2, -0.15) is 4.89 Å². The van der Waals surface area contributed by atoms with Crippen molar-refractivity contribution in [3.05, 3.63) is 35.9 Å². The molecular weight excluding hydrogens is 174 g/mol. The molecule has 0 aromatic heterocycles. The Morgan fingerprint density at radius 1 is 1.25 bits per heavy atom. The third-order valence-electron chi connectivity index (χ3n) is 1.31. The monoisotopic (exact) mass is 182 g/mol. The smallest absolute Gasteiger partial charge is 0.345 e. The summed E-state index contributed by atoms with van der Waals surface area (Å²) in [5, 5.41) is 9.06. The number of benzene rings is 1. The fourth-order valence-electron chi connectivity index (χ4n) is 0.753. The van der Waals surface area contributed by atoms with Crippen LogP contribution in [0.5, 0.6) is 0 Å². The van der Waals surface area contributed by atoms with Crippen LogP contribution in [0.3, 0.4) is 0 Å². The molecule has 1 rings (SSSR count). The molecule has 3 radical (unpaired) electrons. The van der Waals surface area contributed by atoms with Crippen LogP contribution in [0, 0.1) is 0 Å². The highest BCUT2D eigenvalue weighted by Crippen LogP contribution is 2.34. The zero-order chi connectivity index (χ0) is 8.27. The Balaban J connectivity index is 0.00000121. The van der Waals surface area contributed by atoms with Crippen LogP contribution in [0.25, 0.3) is 0 Å². The Hall–Kier alpha value is -0.695. The van der Waals surface area contributed by atoms with E-state index in [1.165, 1.54) is 0 Å². The van der Waals surface area contributed by atoms with Crippen LogP contribution in [-0.4, -0.2) is 18.4 Å². The maximum Gasteiger partial charge on any atom is 0.542 e. The summed E-state index contributed by atoms with van der Waals surface area (Å²) in [5.74, 6) is -1.26. The molecule has 0 spiro atoms. The Kier molecular flexibility index (Phi) is 4.75. The van der Waals surface area contributed by atoms with Crippen LogP contribution in [-0.2, 0) is 4.57 Å². The van der Waals surface area contributed by atoms with Gasteiger partial charge in [-0.1, -0.05) is 30.3 Å². The van der Waals surface area contributed by atoms with E-state index in [4.69, 9.17) is 10.00 Å². The molecule has 3 nitrogen and oxygen atoms in total. The van der Waals surface area contributed by atoms with Gasteiger partial charge in [-0.3, -0.25) is 0 Å². The Morgan fingerprint density at radius 2 is 1.75 bits per heavy atom. The summed E-state index contributed by atoms with van der Waals surface area (Å²) in [6.07, 6.45) is 0. The average Bonchev–Trinajstić information content (AvgIpc) is 2.05. The normalized spacial score (nSPS) is 13.0.